The standard InChI is InChI=1S/C17H20ClNO/c1-12(10-14-6-8-17(20)9-7-14)19-13(2)15-4-3-5-16(18)11-15/h3-9,11-13,19-20H,10H2,1-2H3/t12?,13-/m0/s1. The number of phenolic OH excluding ortho intramolecular Hbond substituents is 1. The summed E-state index contributed by atoms with van der Waals surface area (Å²) in [5.74, 6) is 0.307. The highest BCUT2D eigenvalue weighted by Crippen LogP contribution is 2.18. The third-order valence-corrected chi connectivity index (χ3v) is 3.60. The fraction of sp³-hybridized carbons (Fsp3) is 0.294. The first kappa shape index (κ1) is 14.9. The Hall–Kier alpha value is -1.51. The zero-order valence-corrected chi connectivity index (χ0v) is 12.6. The lowest BCUT2D eigenvalue weighted by molar-refractivity contribution is 0.470. The van der Waals surface area contributed by atoms with Crippen LogP contribution in [-0.2, 0) is 6.42 Å². The maximum atomic E-state index is 9.28. The van der Waals surface area contributed by atoms with Crippen molar-refractivity contribution in [2.75, 3.05) is 0 Å². The fourth-order valence-corrected chi connectivity index (χ4v) is 2.54. The molecule has 0 saturated heterocycles. The van der Waals surface area contributed by atoms with Crippen molar-refractivity contribution in [1.82, 2.24) is 5.32 Å². The molecule has 0 aliphatic carbocycles. The highest BCUT2D eigenvalue weighted by Gasteiger charge is 2.10. The van der Waals surface area contributed by atoms with E-state index in [9.17, 15) is 5.11 Å². The average molecular weight is 290 g/mol. The van der Waals surface area contributed by atoms with Crippen molar-refractivity contribution in [3.63, 3.8) is 0 Å². The molecule has 0 radical (unpaired) electrons. The molecule has 2 nitrogen and oxygen atoms in total. The first-order valence-electron chi connectivity index (χ1n) is 6.84. The molecule has 2 aromatic carbocycles. The van der Waals surface area contributed by atoms with E-state index < -0.39 is 0 Å². The minimum absolute atomic E-state index is 0.251. The molecule has 0 aromatic heterocycles. The minimum atomic E-state index is 0.251. The molecule has 20 heavy (non-hydrogen) atoms. The van der Waals surface area contributed by atoms with Crippen molar-refractivity contribution in [2.45, 2.75) is 32.4 Å². The molecule has 0 heterocycles. The van der Waals surface area contributed by atoms with Gasteiger partial charge in [0.15, 0.2) is 0 Å². The molecule has 2 aromatic rings. The van der Waals surface area contributed by atoms with Crippen LogP contribution in [0.5, 0.6) is 5.75 Å². The van der Waals surface area contributed by atoms with Crippen molar-refractivity contribution >= 4 is 11.6 Å². The topological polar surface area (TPSA) is 32.3 Å². The highest BCUT2D eigenvalue weighted by molar-refractivity contribution is 6.30. The van der Waals surface area contributed by atoms with Gasteiger partial charge in [-0.15, -0.1) is 0 Å². The number of phenols is 1. The van der Waals surface area contributed by atoms with Crippen LogP contribution in [0, 0.1) is 0 Å². The van der Waals surface area contributed by atoms with Gasteiger partial charge in [0.2, 0.25) is 0 Å². The van der Waals surface area contributed by atoms with Gasteiger partial charge in [-0.2, -0.15) is 0 Å². The lowest BCUT2D eigenvalue weighted by Gasteiger charge is -2.20. The first-order valence-corrected chi connectivity index (χ1v) is 7.22. The van der Waals surface area contributed by atoms with Gasteiger partial charge in [0.1, 0.15) is 5.75 Å². The fourth-order valence-electron chi connectivity index (χ4n) is 2.34. The molecule has 2 N–H and O–H groups in total. The SMILES string of the molecule is CC(Cc1ccc(O)cc1)N[C@@H](C)c1cccc(Cl)c1. The molecule has 0 saturated carbocycles. The van der Waals surface area contributed by atoms with Crippen molar-refractivity contribution in [2.24, 2.45) is 0 Å². The molecule has 0 aliphatic rings. The predicted octanol–water partition coefficient (Wildman–Crippen LogP) is 4.33. The van der Waals surface area contributed by atoms with Crippen LogP contribution in [0.4, 0.5) is 0 Å². The van der Waals surface area contributed by atoms with E-state index in [0.717, 1.165) is 11.4 Å². The molecule has 0 amide bonds. The van der Waals surface area contributed by atoms with Crippen molar-refractivity contribution in [3.05, 3.63) is 64.7 Å². The van der Waals surface area contributed by atoms with Gasteiger partial charge in [-0.3, -0.25) is 0 Å². The van der Waals surface area contributed by atoms with E-state index >= 15 is 0 Å². The van der Waals surface area contributed by atoms with Crippen LogP contribution in [0.3, 0.4) is 0 Å². The molecular weight excluding hydrogens is 270 g/mol. The number of aromatic hydroxyl groups is 1. The van der Waals surface area contributed by atoms with Crippen LogP contribution in [0.1, 0.15) is 31.0 Å². The second-order valence-corrected chi connectivity index (χ2v) is 5.65. The van der Waals surface area contributed by atoms with Crippen LogP contribution >= 0.6 is 11.6 Å². The number of halogens is 1. The Kier molecular flexibility index (Phi) is 5.05. The Bertz CT molecular complexity index is 553. The number of hydrogen-bond acceptors (Lipinski definition) is 2. The first-order chi connectivity index (χ1) is 9.54. The summed E-state index contributed by atoms with van der Waals surface area (Å²) in [4.78, 5) is 0. The number of rotatable bonds is 5. The summed E-state index contributed by atoms with van der Waals surface area (Å²) in [5, 5.41) is 13.6. The molecule has 2 atom stereocenters. The van der Waals surface area contributed by atoms with E-state index in [1.54, 1.807) is 12.1 Å². The van der Waals surface area contributed by atoms with E-state index in [4.69, 9.17) is 11.6 Å². The molecule has 1 unspecified atom stereocenters. The normalized spacial score (nSPS) is 13.9. The molecule has 3 heteroatoms. The number of hydrogen-bond donors (Lipinski definition) is 2. The Morgan fingerprint density at radius 2 is 1.80 bits per heavy atom. The molecule has 0 bridgehead atoms. The average Bonchev–Trinajstić information content (AvgIpc) is 2.41. The maximum absolute atomic E-state index is 9.28. The van der Waals surface area contributed by atoms with Crippen LogP contribution in [0.2, 0.25) is 5.02 Å². The Labute approximate surface area is 125 Å². The quantitative estimate of drug-likeness (QED) is 0.859. The van der Waals surface area contributed by atoms with Gasteiger partial charge in [0, 0.05) is 17.1 Å². The van der Waals surface area contributed by atoms with Gasteiger partial charge in [0.25, 0.3) is 0 Å². The van der Waals surface area contributed by atoms with Gasteiger partial charge in [-0.05, 0) is 55.7 Å². The van der Waals surface area contributed by atoms with Gasteiger partial charge < -0.3 is 10.4 Å². The van der Waals surface area contributed by atoms with Crippen LogP contribution < -0.4 is 5.32 Å². The highest BCUT2D eigenvalue weighted by atomic mass is 35.5. The van der Waals surface area contributed by atoms with E-state index in [-0.39, 0.29) is 6.04 Å². The third-order valence-electron chi connectivity index (χ3n) is 3.36. The summed E-state index contributed by atoms with van der Waals surface area (Å²) < 4.78 is 0. The van der Waals surface area contributed by atoms with E-state index in [1.807, 2.05) is 30.3 Å². The zero-order valence-electron chi connectivity index (χ0n) is 11.8. The molecule has 0 aliphatic heterocycles. The Balaban J connectivity index is 1.93. The molecule has 2 rings (SSSR count). The smallest absolute Gasteiger partial charge is 0.115 e. The van der Waals surface area contributed by atoms with Crippen molar-refractivity contribution in [3.8, 4) is 5.75 Å². The predicted molar refractivity (Wildman–Crippen MR) is 84.3 cm³/mol. The summed E-state index contributed by atoms with van der Waals surface area (Å²) in [6.45, 7) is 4.30. The molecule has 106 valence electrons. The largest absolute Gasteiger partial charge is 0.508 e. The summed E-state index contributed by atoms with van der Waals surface area (Å²) in [6, 6.07) is 15.9. The lowest BCUT2D eigenvalue weighted by Crippen LogP contribution is -2.30. The maximum Gasteiger partial charge on any atom is 0.115 e. The van der Waals surface area contributed by atoms with Gasteiger partial charge in [0.05, 0.1) is 0 Å². The number of nitrogens with one attached hydrogen (secondary N) is 1. The second kappa shape index (κ2) is 6.78. The summed E-state index contributed by atoms with van der Waals surface area (Å²) >= 11 is 6.02. The molecular formula is C17H20ClNO. The van der Waals surface area contributed by atoms with Gasteiger partial charge >= 0.3 is 0 Å². The van der Waals surface area contributed by atoms with E-state index in [2.05, 4.69) is 25.2 Å². The van der Waals surface area contributed by atoms with Crippen LogP contribution in [0.15, 0.2) is 48.5 Å². The lowest BCUT2D eigenvalue weighted by atomic mass is 10.0. The monoisotopic (exact) mass is 289 g/mol. The van der Waals surface area contributed by atoms with Gasteiger partial charge in [-0.25, -0.2) is 0 Å². The van der Waals surface area contributed by atoms with Gasteiger partial charge in [-0.1, -0.05) is 35.9 Å². The minimum Gasteiger partial charge on any atom is -0.508 e. The van der Waals surface area contributed by atoms with E-state index in [0.29, 0.717) is 11.8 Å². The Morgan fingerprint density at radius 1 is 1.10 bits per heavy atom. The summed E-state index contributed by atoms with van der Waals surface area (Å²) in [7, 11) is 0. The zero-order chi connectivity index (χ0) is 14.5. The van der Waals surface area contributed by atoms with Crippen molar-refractivity contribution < 1.29 is 5.11 Å². The molecule has 0 spiro atoms. The Morgan fingerprint density at radius 3 is 2.45 bits per heavy atom. The number of benzene rings is 2. The third kappa shape index (κ3) is 4.26. The summed E-state index contributed by atoms with van der Waals surface area (Å²) in [6.07, 6.45) is 0.922. The van der Waals surface area contributed by atoms with E-state index in [1.165, 1.54) is 11.1 Å². The van der Waals surface area contributed by atoms with Crippen LogP contribution in [-0.4, -0.2) is 11.1 Å². The van der Waals surface area contributed by atoms with Crippen molar-refractivity contribution in [1.29, 1.82) is 0 Å². The second-order valence-electron chi connectivity index (χ2n) is 5.21. The van der Waals surface area contributed by atoms with Crippen LogP contribution in [0.25, 0.3) is 0 Å². The summed E-state index contributed by atoms with van der Waals surface area (Å²) in [5.41, 5.74) is 2.40. The molecule has 0 fully saturated rings.